The first-order valence-corrected chi connectivity index (χ1v) is 5.93. The molecule has 0 saturated heterocycles. The molecule has 19 heavy (non-hydrogen) atoms. The molecule has 0 amide bonds. The smallest absolute Gasteiger partial charge is 0.152 e. The van der Waals surface area contributed by atoms with Crippen LogP contribution in [0.15, 0.2) is 46.9 Å². The molecule has 0 radical (unpaired) electrons. The maximum atomic E-state index is 13.6. The molecule has 0 fully saturated rings. The average molecular weight is 254 g/mol. The SMILES string of the molecule is Cc1cccc2cc(-c3ccc(C=O)c(F)c3)oc12. The van der Waals surface area contributed by atoms with Crippen molar-refractivity contribution in [2.24, 2.45) is 0 Å². The average Bonchev–Trinajstić information content (AvgIpc) is 2.84. The molecule has 0 unspecified atom stereocenters. The molecule has 0 atom stereocenters. The Morgan fingerprint density at radius 2 is 2.00 bits per heavy atom. The molecule has 0 aliphatic heterocycles. The first-order chi connectivity index (χ1) is 9.19. The number of fused-ring (bicyclic) bond motifs is 1. The lowest BCUT2D eigenvalue weighted by Crippen LogP contribution is -1.87. The first-order valence-electron chi connectivity index (χ1n) is 5.93. The predicted molar refractivity (Wildman–Crippen MR) is 71.7 cm³/mol. The van der Waals surface area contributed by atoms with Crippen molar-refractivity contribution in [2.75, 3.05) is 0 Å². The third-order valence-electron chi connectivity index (χ3n) is 3.15. The molecule has 0 saturated carbocycles. The number of hydrogen-bond acceptors (Lipinski definition) is 2. The van der Waals surface area contributed by atoms with E-state index >= 15 is 0 Å². The number of aldehydes is 1. The van der Waals surface area contributed by atoms with Gasteiger partial charge in [0.2, 0.25) is 0 Å². The molecule has 0 bridgehead atoms. The summed E-state index contributed by atoms with van der Waals surface area (Å²) in [5, 5.41) is 0.981. The van der Waals surface area contributed by atoms with Gasteiger partial charge in [0.05, 0.1) is 5.56 Å². The van der Waals surface area contributed by atoms with Crippen LogP contribution in [0.5, 0.6) is 0 Å². The van der Waals surface area contributed by atoms with Gasteiger partial charge in [-0.15, -0.1) is 0 Å². The highest BCUT2D eigenvalue weighted by Crippen LogP contribution is 2.30. The normalized spacial score (nSPS) is 10.8. The number of rotatable bonds is 2. The minimum atomic E-state index is -0.537. The summed E-state index contributed by atoms with van der Waals surface area (Å²) in [5.41, 5.74) is 2.51. The lowest BCUT2D eigenvalue weighted by molar-refractivity contribution is 0.112. The highest BCUT2D eigenvalue weighted by Gasteiger charge is 2.10. The molecule has 94 valence electrons. The van der Waals surface area contributed by atoms with Crippen LogP contribution in [0.25, 0.3) is 22.3 Å². The minimum Gasteiger partial charge on any atom is -0.456 e. The van der Waals surface area contributed by atoms with E-state index in [2.05, 4.69) is 0 Å². The molecule has 2 nitrogen and oxygen atoms in total. The maximum Gasteiger partial charge on any atom is 0.152 e. The first kappa shape index (κ1) is 11.7. The molecule has 0 spiro atoms. The third kappa shape index (κ3) is 1.93. The van der Waals surface area contributed by atoms with Crippen molar-refractivity contribution in [3.63, 3.8) is 0 Å². The lowest BCUT2D eigenvalue weighted by Gasteiger charge is -1.99. The van der Waals surface area contributed by atoms with Gasteiger partial charge < -0.3 is 4.42 Å². The van der Waals surface area contributed by atoms with Crippen LogP contribution < -0.4 is 0 Å². The lowest BCUT2D eigenvalue weighted by atomic mass is 10.1. The number of carbonyl (C=O) groups excluding carboxylic acids is 1. The van der Waals surface area contributed by atoms with E-state index in [4.69, 9.17) is 4.42 Å². The Bertz CT molecular complexity index is 772. The van der Waals surface area contributed by atoms with Crippen molar-refractivity contribution in [3.05, 3.63) is 59.4 Å². The van der Waals surface area contributed by atoms with Crippen molar-refractivity contribution in [1.82, 2.24) is 0 Å². The van der Waals surface area contributed by atoms with Crippen molar-refractivity contribution in [2.45, 2.75) is 6.92 Å². The summed E-state index contributed by atoms with van der Waals surface area (Å²) in [4.78, 5) is 10.6. The van der Waals surface area contributed by atoms with Gasteiger partial charge in [-0.3, -0.25) is 4.79 Å². The summed E-state index contributed by atoms with van der Waals surface area (Å²) in [6, 6.07) is 12.2. The fourth-order valence-corrected chi connectivity index (χ4v) is 2.13. The van der Waals surface area contributed by atoms with Crippen LogP contribution in [0.3, 0.4) is 0 Å². The fourth-order valence-electron chi connectivity index (χ4n) is 2.13. The zero-order valence-corrected chi connectivity index (χ0v) is 10.3. The van der Waals surface area contributed by atoms with Crippen LogP contribution in [0.4, 0.5) is 4.39 Å². The number of hydrogen-bond donors (Lipinski definition) is 0. The fraction of sp³-hybridized carbons (Fsp3) is 0.0625. The van der Waals surface area contributed by atoms with Crippen LogP contribution >= 0.6 is 0 Å². The number of halogens is 1. The van der Waals surface area contributed by atoms with Crippen molar-refractivity contribution in [3.8, 4) is 11.3 Å². The Hall–Kier alpha value is -2.42. The quantitative estimate of drug-likeness (QED) is 0.636. The van der Waals surface area contributed by atoms with Crippen molar-refractivity contribution in [1.29, 1.82) is 0 Å². The summed E-state index contributed by atoms with van der Waals surface area (Å²) >= 11 is 0. The second kappa shape index (κ2) is 4.35. The van der Waals surface area contributed by atoms with Crippen LogP contribution in [0.1, 0.15) is 15.9 Å². The molecule has 0 aliphatic carbocycles. The Balaban J connectivity index is 2.16. The second-order valence-corrected chi connectivity index (χ2v) is 4.46. The van der Waals surface area contributed by atoms with Crippen LogP contribution in [-0.4, -0.2) is 6.29 Å². The van der Waals surface area contributed by atoms with E-state index in [1.165, 1.54) is 12.1 Å². The maximum absolute atomic E-state index is 13.6. The van der Waals surface area contributed by atoms with E-state index < -0.39 is 5.82 Å². The van der Waals surface area contributed by atoms with E-state index in [1.807, 2.05) is 31.2 Å². The molecular formula is C16H11FO2. The topological polar surface area (TPSA) is 30.2 Å². The molecule has 3 heteroatoms. The van der Waals surface area contributed by atoms with Crippen molar-refractivity contribution >= 4 is 17.3 Å². The van der Waals surface area contributed by atoms with Gasteiger partial charge in [-0.05, 0) is 30.7 Å². The van der Waals surface area contributed by atoms with Gasteiger partial charge in [0, 0.05) is 10.9 Å². The minimum absolute atomic E-state index is 0.0519. The van der Waals surface area contributed by atoms with Gasteiger partial charge in [-0.1, -0.05) is 24.3 Å². The number of furan rings is 1. The Kier molecular flexibility index (Phi) is 2.67. The van der Waals surface area contributed by atoms with Crippen LogP contribution in [0, 0.1) is 12.7 Å². The molecular weight excluding hydrogens is 243 g/mol. The highest BCUT2D eigenvalue weighted by atomic mass is 19.1. The van der Waals surface area contributed by atoms with Gasteiger partial charge in [-0.2, -0.15) is 0 Å². The number of aryl methyl sites for hydroxylation is 1. The largest absolute Gasteiger partial charge is 0.456 e. The molecule has 0 aliphatic rings. The molecule has 0 N–H and O–H groups in total. The second-order valence-electron chi connectivity index (χ2n) is 4.46. The summed E-state index contributed by atoms with van der Waals surface area (Å²) in [5.74, 6) is 0.0605. The zero-order chi connectivity index (χ0) is 13.4. The van der Waals surface area contributed by atoms with Gasteiger partial charge >= 0.3 is 0 Å². The predicted octanol–water partition coefficient (Wildman–Crippen LogP) is 4.36. The van der Waals surface area contributed by atoms with Gasteiger partial charge in [0.1, 0.15) is 17.2 Å². The molecule has 1 heterocycles. The number of carbonyl (C=O) groups is 1. The number of para-hydroxylation sites is 1. The highest BCUT2D eigenvalue weighted by molar-refractivity contribution is 5.85. The summed E-state index contributed by atoms with van der Waals surface area (Å²) in [6.45, 7) is 1.96. The summed E-state index contributed by atoms with van der Waals surface area (Å²) < 4.78 is 19.4. The van der Waals surface area contributed by atoms with Gasteiger partial charge in [-0.25, -0.2) is 4.39 Å². The van der Waals surface area contributed by atoms with E-state index in [0.717, 1.165) is 16.5 Å². The van der Waals surface area contributed by atoms with E-state index in [9.17, 15) is 9.18 Å². The molecule has 2 aromatic carbocycles. The Morgan fingerprint density at radius 3 is 2.68 bits per heavy atom. The Labute approximate surface area is 109 Å². The number of benzene rings is 2. The zero-order valence-electron chi connectivity index (χ0n) is 10.3. The summed E-state index contributed by atoms with van der Waals surface area (Å²) in [7, 11) is 0. The van der Waals surface area contributed by atoms with Gasteiger partial charge in [0.15, 0.2) is 6.29 Å². The van der Waals surface area contributed by atoms with Crippen LogP contribution in [-0.2, 0) is 0 Å². The molecule has 3 aromatic rings. The molecule has 1 aromatic heterocycles. The monoisotopic (exact) mass is 254 g/mol. The molecule has 3 rings (SSSR count). The van der Waals surface area contributed by atoms with Gasteiger partial charge in [0.25, 0.3) is 0 Å². The van der Waals surface area contributed by atoms with E-state index in [1.54, 1.807) is 6.07 Å². The van der Waals surface area contributed by atoms with Crippen molar-refractivity contribution < 1.29 is 13.6 Å². The summed E-state index contributed by atoms with van der Waals surface area (Å²) in [6.07, 6.45) is 0.502. The standard InChI is InChI=1S/C16H11FO2/c1-10-3-2-4-12-8-15(19-16(10)12)11-5-6-13(9-18)14(17)7-11/h2-9H,1H3. The van der Waals surface area contributed by atoms with E-state index in [0.29, 0.717) is 17.6 Å². The van der Waals surface area contributed by atoms with E-state index in [-0.39, 0.29) is 5.56 Å². The Morgan fingerprint density at radius 1 is 1.16 bits per heavy atom. The van der Waals surface area contributed by atoms with Crippen LogP contribution in [0.2, 0.25) is 0 Å². The third-order valence-corrected chi connectivity index (χ3v) is 3.15.